The highest BCUT2D eigenvalue weighted by Crippen LogP contribution is 2.46. The molecule has 66 heavy (non-hydrogen) atoms. The molecule has 0 aliphatic carbocycles. The molecule has 0 radical (unpaired) electrons. The lowest BCUT2D eigenvalue weighted by atomic mass is 9.89. The SMILES string of the molecule is Cn1c(=O)n(C2CCC(=O)NC2=O)c2ccc(N3CC(OC(=O)Nc4cccc(CS(=O)(=O)N5CC[C@H](Nc6cccc(-c7sc(C(=O)O)c(OCC(=O)O)c7Cl)c6)CC5(C)C)c4)C3)cc21. The van der Waals surface area contributed by atoms with Crippen molar-refractivity contribution in [2.45, 2.75) is 69.0 Å². The highest BCUT2D eigenvalue weighted by Gasteiger charge is 2.42. The molecular formula is C44H46ClN7O12S2. The van der Waals surface area contributed by atoms with E-state index in [-0.39, 0.29) is 58.4 Å². The van der Waals surface area contributed by atoms with Crippen molar-refractivity contribution in [2.75, 3.05) is 41.8 Å². The molecule has 348 valence electrons. The molecule has 3 amide bonds. The van der Waals surface area contributed by atoms with E-state index in [9.17, 15) is 42.3 Å². The minimum Gasteiger partial charge on any atom is -0.479 e. The first-order chi connectivity index (χ1) is 31.3. The van der Waals surface area contributed by atoms with Gasteiger partial charge in [0.2, 0.25) is 21.8 Å². The number of halogens is 1. The molecule has 5 heterocycles. The maximum absolute atomic E-state index is 14.0. The number of sulfonamides is 1. The zero-order valence-corrected chi connectivity index (χ0v) is 38.3. The summed E-state index contributed by atoms with van der Waals surface area (Å²) in [6.45, 7) is 3.99. The number of aryl methyl sites for hydroxylation is 1. The predicted octanol–water partition coefficient (Wildman–Crippen LogP) is 5.48. The Kier molecular flexibility index (Phi) is 12.7. The molecule has 2 aromatic heterocycles. The molecule has 3 aliphatic heterocycles. The number of imidazole rings is 1. The van der Waals surface area contributed by atoms with Crippen molar-refractivity contribution in [1.29, 1.82) is 0 Å². The number of imide groups is 1. The van der Waals surface area contributed by atoms with Crippen LogP contribution in [0.15, 0.2) is 71.5 Å². The smallest absolute Gasteiger partial charge is 0.412 e. The average Bonchev–Trinajstić information content (AvgIpc) is 3.69. The van der Waals surface area contributed by atoms with Crippen molar-refractivity contribution in [1.82, 2.24) is 18.8 Å². The van der Waals surface area contributed by atoms with Gasteiger partial charge in [-0.3, -0.25) is 29.4 Å². The Morgan fingerprint density at radius 1 is 0.970 bits per heavy atom. The van der Waals surface area contributed by atoms with Crippen LogP contribution in [0, 0.1) is 0 Å². The summed E-state index contributed by atoms with van der Waals surface area (Å²) in [4.78, 5) is 75.5. The summed E-state index contributed by atoms with van der Waals surface area (Å²) < 4.78 is 43.2. The van der Waals surface area contributed by atoms with Crippen molar-refractivity contribution in [3.05, 3.63) is 92.7 Å². The van der Waals surface area contributed by atoms with Gasteiger partial charge in [-0.2, -0.15) is 4.31 Å². The molecule has 3 fully saturated rings. The number of aromatic carboxylic acids is 1. The number of piperidine rings is 2. The van der Waals surface area contributed by atoms with Crippen LogP contribution in [0.3, 0.4) is 0 Å². The Morgan fingerprint density at radius 3 is 2.42 bits per heavy atom. The molecule has 0 saturated carbocycles. The van der Waals surface area contributed by atoms with Gasteiger partial charge < -0.3 is 29.9 Å². The minimum absolute atomic E-state index is 0.00960. The largest absolute Gasteiger partial charge is 0.479 e. The lowest BCUT2D eigenvalue weighted by Crippen LogP contribution is -2.55. The summed E-state index contributed by atoms with van der Waals surface area (Å²) in [6.07, 6.45) is 0.194. The first kappa shape index (κ1) is 46.1. The molecule has 2 atom stereocenters. The predicted molar refractivity (Wildman–Crippen MR) is 246 cm³/mol. The molecular weight excluding hydrogens is 918 g/mol. The molecule has 5 N–H and O–H groups in total. The third-order valence-electron chi connectivity index (χ3n) is 11.9. The average molecular weight is 964 g/mol. The number of carboxylic acids is 2. The summed E-state index contributed by atoms with van der Waals surface area (Å²) in [5.41, 5.74) is 2.95. The third-order valence-corrected chi connectivity index (χ3v) is 15.6. The Balaban J connectivity index is 0.844. The Hall–Kier alpha value is -6.42. The zero-order valence-electron chi connectivity index (χ0n) is 35.9. The Labute approximate surface area is 386 Å². The zero-order chi connectivity index (χ0) is 47.2. The molecule has 3 aromatic carbocycles. The summed E-state index contributed by atoms with van der Waals surface area (Å²) in [7, 11) is -2.21. The number of aromatic nitrogens is 2. The second-order valence-electron chi connectivity index (χ2n) is 17.1. The molecule has 8 rings (SSSR count). The summed E-state index contributed by atoms with van der Waals surface area (Å²) >= 11 is 7.38. The lowest BCUT2D eigenvalue weighted by Gasteiger charge is -2.45. The molecule has 0 bridgehead atoms. The molecule has 19 nitrogen and oxygen atoms in total. The van der Waals surface area contributed by atoms with E-state index in [4.69, 9.17) is 26.2 Å². The standard InChI is InChI=1S/C44H46ClN7O12S2/c1-44(2)19-28(46-27-9-5-7-25(17-27)38-36(45)37(63-22-35(54)55)39(65-38)41(57)58)14-15-51(44)66(61,62)23-24-6-4-8-26(16-24)47-42(59)64-30-20-50(21-30)29-10-11-31-33(18-29)49(3)43(60)52(31)32-12-13-34(53)48-40(32)56/h4-11,16-18,28,30,32,46H,12-15,19-23H2,1-3H3,(H,47,59)(H,54,55)(H,57,58)(H,48,53,56)/t28-,32?/m0/s1. The number of fused-ring (bicyclic) bond motifs is 1. The lowest BCUT2D eigenvalue weighted by molar-refractivity contribution is -0.139. The normalized spacial score (nSPS) is 18.9. The fourth-order valence-electron chi connectivity index (χ4n) is 8.82. The number of benzene rings is 3. The molecule has 5 aromatic rings. The summed E-state index contributed by atoms with van der Waals surface area (Å²) in [6, 6.07) is 18.2. The van der Waals surface area contributed by atoms with Gasteiger partial charge >= 0.3 is 23.7 Å². The molecule has 22 heteroatoms. The number of carboxylic acid groups (broad SMARTS) is 2. The van der Waals surface area contributed by atoms with E-state index >= 15 is 0 Å². The van der Waals surface area contributed by atoms with Crippen LogP contribution < -0.4 is 31.3 Å². The van der Waals surface area contributed by atoms with Crippen LogP contribution >= 0.6 is 22.9 Å². The van der Waals surface area contributed by atoms with Crippen LogP contribution in [0.2, 0.25) is 5.02 Å². The molecule has 3 aliphatic rings. The number of aliphatic carboxylic acids is 1. The highest BCUT2D eigenvalue weighted by molar-refractivity contribution is 7.88. The number of anilines is 3. The number of ether oxygens (including phenoxy) is 2. The second kappa shape index (κ2) is 18.1. The van der Waals surface area contributed by atoms with E-state index < -0.39 is 58.3 Å². The molecule has 1 unspecified atom stereocenters. The maximum Gasteiger partial charge on any atom is 0.412 e. The first-order valence-electron chi connectivity index (χ1n) is 20.9. The van der Waals surface area contributed by atoms with Gasteiger partial charge in [-0.25, -0.2) is 27.6 Å². The van der Waals surface area contributed by atoms with Crippen molar-refractivity contribution in [3.63, 3.8) is 0 Å². The van der Waals surface area contributed by atoms with Gasteiger partial charge in [0, 0.05) is 48.7 Å². The quantitative estimate of drug-likeness (QED) is 0.0865. The number of carbonyl (C=O) groups excluding carboxylic acids is 3. The van der Waals surface area contributed by atoms with Crippen molar-refractivity contribution >= 4 is 90.9 Å². The van der Waals surface area contributed by atoms with E-state index in [1.54, 1.807) is 55.6 Å². The Morgan fingerprint density at radius 2 is 1.71 bits per heavy atom. The van der Waals surface area contributed by atoms with Gasteiger partial charge in [0.1, 0.15) is 17.2 Å². The number of nitrogens with one attached hydrogen (secondary N) is 3. The van der Waals surface area contributed by atoms with E-state index in [0.717, 1.165) is 17.0 Å². The van der Waals surface area contributed by atoms with Crippen LogP contribution in [0.4, 0.5) is 21.9 Å². The summed E-state index contributed by atoms with van der Waals surface area (Å²) in [5, 5.41) is 27.2. The van der Waals surface area contributed by atoms with Crippen LogP contribution in [0.5, 0.6) is 5.75 Å². The van der Waals surface area contributed by atoms with E-state index in [0.29, 0.717) is 64.3 Å². The number of rotatable bonds is 14. The fraction of sp³-hybridized carbons (Fsp3) is 0.364. The van der Waals surface area contributed by atoms with Crippen LogP contribution in [-0.4, -0.2) is 106 Å². The first-order valence-corrected chi connectivity index (χ1v) is 23.7. The van der Waals surface area contributed by atoms with Gasteiger partial charge in [-0.05, 0) is 86.7 Å². The number of carbonyl (C=O) groups is 5. The maximum atomic E-state index is 14.0. The van der Waals surface area contributed by atoms with Gasteiger partial charge in [0.15, 0.2) is 17.2 Å². The van der Waals surface area contributed by atoms with Gasteiger partial charge in [0.25, 0.3) is 0 Å². The fourth-order valence-corrected chi connectivity index (χ4v) is 12.2. The molecule has 3 saturated heterocycles. The van der Waals surface area contributed by atoms with Gasteiger partial charge in [-0.1, -0.05) is 35.9 Å². The number of nitrogens with zero attached hydrogens (tertiary/aromatic N) is 4. The number of hydrogen-bond acceptors (Lipinski definition) is 13. The monoisotopic (exact) mass is 963 g/mol. The minimum atomic E-state index is -3.83. The topological polar surface area (TPSA) is 248 Å². The number of hydrogen-bond donors (Lipinski definition) is 5. The Bertz CT molecular complexity index is 2960. The number of thiophene rings is 1. The van der Waals surface area contributed by atoms with Crippen molar-refractivity contribution < 1.29 is 52.1 Å². The van der Waals surface area contributed by atoms with Crippen LogP contribution in [-0.2, 0) is 41.9 Å². The van der Waals surface area contributed by atoms with E-state index in [2.05, 4.69) is 16.0 Å². The van der Waals surface area contributed by atoms with Crippen molar-refractivity contribution in [2.24, 2.45) is 7.05 Å². The molecule has 0 spiro atoms. The van der Waals surface area contributed by atoms with Gasteiger partial charge in [0.05, 0.1) is 34.8 Å². The summed E-state index contributed by atoms with van der Waals surface area (Å²) in [5.74, 6) is -3.97. The van der Waals surface area contributed by atoms with E-state index in [1.165, 1.54) is 13.4 Å². The van der Waals surface area contributed by atoms with E-state index in [1.807, 2.05) is 36.9 Å². The van der Waals surface area contributed by atoms with Crippen LogP contribution in [0.1, 0.15) is 60.8 Å². The number of amides is 3. The van der Waals surface area contributed by atoms with Crippen LogP contribution in [0.25, 0.3) is 21.5 Å². The highest BCUT2D eigenvalue weighted by atomic mass is 35.5. The van der Waals surface area contributed by atoms with Gasteiger partial charge in [-0.15, -0.1) is 11.3 Å². The van der Waals surface area contributed by atoms with Crippen molar-refractivity contribution in [3.8, 4) is 16.2 Å². The third kappa shape index (κ3) is 9.46. The second-order valence-corrected chi connectivity index (χ2v) is 20.3.